The molecule has 1 aliphatic rings. The maximum absolute atomic E-state index is 12.9. The smallest absolute Gasteiger partial charge is 0.310 e. The van der Waals surface area contributed by atoms with Crippen molar-refractivity contribution in [3.8, 4) is 22.0 Å². The molecule has 0 spiro atoms. The third-order valence-corrected chi connectivity index (χ3v) is 6.19. The number of ether oxygens (including phenoxy) is 1. The number of thiazole rings is 1. The minimum atomic E-state index is -0.223. The third kappa shape index (κ3) is 4.46. The van der Waals surface area contributed by atoms with Crippen molar-refractivity contribution >= 4 is 23.2 Å². The number of esters is 1. The van der Waals surface area contributed by atoms with Crippen molar-refractivity contribution in [1.82, 2.24) is 14.5 Å². The van der Waals surface area contributed by atoms with Gasteiger partial charge in [0.05, 0.1) is 23.9 Å². The fraction of sp³-hybridized carbons (Fsp3) is 0.348. The van der Waals surface area contributed by atoms with Gasteiger partial charge in [-0.15, -0.1) is 11.3 Å². The average molecular weight is 424 g/mol. The summed E-state index contributed by atoms with van der Waals surface area (Å²) >= 11 is 1.57. The predicted octanol–water partition coefficient (Wildman–Crippen LogP) is 4.08. The minimum Gasteiger partial charge on any atom is -0.466 e. The first-order chi connectivity index (χ1) is 14.7. The molecule has 2 aromatic heterocycles. The lowest BCUT2D eigenvalue weighted by Crippen LogP contribution is -2.44. The molecule has 7 heteroatoms. The Morgan fingerprint density at radius 2 is 2.03 bits per heavy atom. The zero-order chi connectivity index (χ0) is 20.9. The second-order valence-corrected chi connectivity index (χ2v) is 8.21. The number of benzene rings is 1. The second kappa shape index (κ2) is 9.26. The molecule has 6 nitrogen and oxygen atoms in total. The number of hydrogen-bond acceptors (Lipinski definition) is 5. The molecule has 0 unspecified atom stereocenters. The summed E-state index contributed by atoms with van der Waals surface area (Å²) in [6.45, 7) is 3.52. The number of amides is 1. The van der Waals surface area contributed by atoms with Crippen LogP contribution in [0.3, 0.4) is 0 Å². The van der Waals surface area contributed by atoms with Crippen LogP contribution in [0.15, 0.2) is 54.0 Å². The zero-order valence-electron chi connectivity index (χ0n) is 17.0. The van der Waals surface area contributed by atoms with Crippen LogP contribution < -0.4 is 0 Å². The van der Waals surface area contributed by atoms with E-state index >= 15 is 0 Å². The van der Waals surface area contributed by atoms with Gasteiger partial charge in [0.1, 0.15) is 11.6 Å². The normalized spacial score (nSPS) is 16.4. The van der Waals surface area contributed by atoms with Gasteiger partial charge in [-0.05, 0) is 31.9 Å². The molecule has 3 heterocycles. The molecule has 4 rings (SSSR count). The summed E-state index contributed by atoms with van der Waals surface area (Å²) in [7, 11) is 0. The van der Waals surface area contributed by atoms with Crippen LogP contribution in [0.4, 0.5) is 0 Å². The summed E-state index contributed by atoms with van der Waals surface area (Å²) in [6.07, 6.45) is 3.50. The van der Waals surface area contributed by atoms with E-state index in [1.165, 1.54) is 0 Å². The molecule has 0 bridgehead atoms. The van der Waals surface area contributed by atoms with Gasteiger partial charge < -0.3 is 14.2 Å². The number of hydrogen-bond donors (Lipinski definition) is 0. The number of likely N-dealkylation sites (tertiary alicyclic amines) is 1. The summed E-state index contributed by atoms with van der Waals surface area (Å²) in [5, 5.41) is 2.92. The Balaban J connectivity index is 1.46. The van der Waals surface area contributed by atoms with Crippen molar-refractivity contribution in [2.75, 3.05) is 19.7 Å². The number of carbonyl (C=O) groups excluding carboxylic acids is 2. The molecule has 1 fully saturated rings. The number of piperidine rings is 1. The van der Waals surface area contributed by atoms with Crippen LogP contribution >= 0.6 is 11.3 Å². The largest absolute Gasteiger partial charge is 0.466 e. The molecule has 3 aromatic rings. The van der Waals surface area contributed by atoms with Crippen molar-refractivity contribution in [3.05, 3.63) is 54.0 Å². The van der Waals surface area contributed by atoms with Crippen LogP contribution in [0, 0.1) is 5.92 Å². The van der Waals surface area contributed by atoms with Crippen LogP contribution in [0.25, 0.3) is 22.0 Å². The van der Waals surface area contributed by atoms with E-state index < -0.39 is 0 Å². The number of aromatic nitrogens is 2. The number of rotatable bonds is 6. The summed E-state index contributed by atoms with van der Waals surface area (Å²) < 4.78 is 7.08. The first-order valence-corrected chi connectivity index (χ1v) is 11.1. The number of carbonyl (C=O) groups is 2. The van der Waals surface area contributed by atoms with E-state index in [1.54, 1.807) is 23.2 Å². The molecule has 0 radical (unpaired) electrons. The molecule has 1 aliphatic heterocycles. The van der Waals surface area contributed by atoms with Crippen molar-refractivity contribution in [2.45, 2.75) is 26.3 Å². The maximum Gasteiger partial charge on any atom is 0.310 e. The summed E-state index contributed by atoms with van der Waals surface area (Å²) in [5.41, 5.74) is 2.94. The first kappa shape index (κ1) is 20.3. The van der Waals surface area contributed by atoms with Crippen molar-refractivity contribution < 1.29 is 14.3 Å². The molecule has 1 amide bonds. The quantitative estimate of drug-likeness (QED) is 0.561. The fourth-order valence-electron chi connectivity index (χ4n) is 3.78. The van der Waals surface area contributed by atoms with E-state index in [9.17, 15) is 9.59 Å². The lowest BCUT2D eigenvalue weighted by molar-refractivity contribution is -0.151. The summed E-state index contributed by atoms with van der Waals surface area (Å²) in [4.78, 5) is 31.6. The topological polar surface area (TPSA) is 64.4 Å². The van der Waals surface area contributed by atoms with Gasteiger partial charge in [-0.2, -0.15) is 0 Å². The highest BCUT2D eigenvalue weighted by atomic mass is 32.1. The Morgan fingerprint density at radius 3 is 2.83 bits per heavy atom. The molecule has 1 saturated heterocycles. The number of nitrogens with zero attached hydrogens (tertiary/aromatic N) is 3. The molecule has 1 aromatic carbocycles. The van der Waals surface area contributed by atoms with Gasteiger partial charge in [0, 0.05) is 30.2 Å². The lowest BCUT2D eigenvalue weighted by atomic mass is 9.98. The second-order valence-electron chi connectivity index (χ2n) is 7.36. The van der Waals surface area contributed by atoms with Gasteiger partial charge in [0.2, 0.25) is 5.91 Å². The Hall–Kier alpha value is -2.93. The summed E-state index contributed by atoms with van der Waals surface area (Å²) in [6, 6.07) is 14.0. The van der Waals surface area contributed by atoms with E-state index in [4.69, 9.17) is 9.72 Å². The van der Waals surface area contributed by atoms with Gasteiger partial charge in [-0.25, -0.2) is 4.98 Å². The third-order valence-electron chi connectivity index (χ3n) is 5.32. The zero-order valence-corrected chi connectivity index (χ0v) is 17.8. The minimum absolute atomic E-state index is 0.0151. The Bertz CT molecular complexity index is 1010. The molecule has 0 saturated carbocycles. The lowest BCUT2D eigenvalue weighted by Gasteiger charge is -2.31. The SMILES string of the molecule is CCOC(=O)[C@H]1CCCN(C(=O)Cn2cccc2-c2nc(-c3ccccc3)cs2)C1. The molecule has 1 atom stereocenters. The average Bonchev–Trinajstić information content (AvgIpc) is 3.44. The van der Waals surface area contributed by atoms with E-state index in [0.717, 1.165) is 34.8 Å². The van der Waals surface area contributed by atoms with Crippen LogP contribution in [0.5, 0.6) is 0 Å². The first-order valence-electron chi connectivity index (χ1n) is 10.3. The van der Waals surface area contributed by atoms with Crippen molar-refractivity contribution in [3.63, 3.8) is 0 Å². The van der Waals surface area contributed by atoms with Crippen LogP contribution in [0.2, 0.25) is 0 Å². The van der Waals surface area contributed by atoms with Crippen LogP contribution in [-0.4, -0.2) is 46.0 Å². The van der Waals surface area contributed by atoms with E-state index in [1.807, 2.05) is 58.6 Å². The Kier molecular flexibility index (Phi) is 6.28. The van der Waals surface area contributed by atoms with Gasteiger partial charge in [0.25, 0.3) is 0 Å². The monoisotopic (exact) mass is 423 g/mol. The highest BCUT2D eigenvalue weighted by Gasteiger charge is 2.29. The molecule has 30 heavy (non-hydrogen) atoms. The van der Waals surface area contributed by atoms with E-state index in [-0.39, 0.29) is 24.3 Å². The van der Waals surface area contributed by atoms with E-state index in [0.29, 0.717) is 19.7 Å². The molecular formula is C23H25N3O3S. The molecule has 0 aliphatic carbocycles. The van der Waals surface area contributed by atoms with Gasteiger partial charge in [0.15, 0.2) is 0 Å². The van der Waals surface area contributed by atoms with Crippen molar-refractivity contribution in [1.29, 1.82) is 0 Å². The van der Waals surface area contributed by atoms with Crippen LogP contribution in [0.1, 0.15) is 19.8 Å². The van der Waals surface area contributed by atoms with Crippen LogP contribution in [-0.2, 0) is 20.9 Å². The van der Waals surface area contributed by atoms with Gasteiger partial charge in [-0.1, -0.05) is 30.3 Å². The molecule has 156 valence electrons. The Morgan fingerprint density at radius 1 is 1.20 bits per heavy atom. The van der Waals surface area contributed by atoms with Gasteiger partial charge >= 0.3 is 5.97 Å². The van der Waals surface area contributed by atoms with E-state index in [2.05, 4.69) is 0 Å². The van der Waals surface area contributed by atoms with Crippen molar-refractivity contribution in [2.24, 2.45) is 5.92 Å². The highest BCUT2D eigenvalue weighted by molar-refractivity contribution is 7.13. The van der Waals surface area contributed by atoms with Gasteiger partial charge in [-0.3, -0.25) is 9.59 Å². The standard InChI is InChI=1S/C23H25N3O3S/c1-2-29-23(28)18-10-6-13-26(14-18)21(27)15-25-12-7-11-20(25)22-24-19(16-30-22)17-8-4-3-5-9-17/h3-5,7-9,11-12,16,18H,2,6,10,13-15H2,1H3/t18-/m0/s1. The maximum atomic E-state index is 12.9. The predicted molar refractivity (Wildman–Crippen MR) is 117 cm³/mol. The summed E-state index contributed by atoms with van der Waals surface area (Å²) in [5.74, 6) is -0.409. The fourth-order valence-corrected chi connectivity index (χ4v) is 4.65. The Labute approximate surface area is 180 Å². The highest BCUT2D eigenvalue weighted by Crippen LogP contribution is 2.29. The molecule has 0 N–H and O–H groups in total. The molecular weight excluding hydrogens is 398 g/mol.